The Morgan fingerprint density at radius 1 is 1.04 bits per heavy atom. The summed E-state index contributed by atoms with van der Waals surface area (Å²) in [5.41, 5.74) is 1.18. The van der Waals surface area contributed by atoms with Crippen LogP contribution in [0.4, 0.5) is 5.69 Å². The Morgan fingerprint density at radius 2 is 1.74 bits per heavy atom. The van der Waals surface area contributed by atoms with Gasteiger partial charge in [0.25, 0.3) is 5.91 Å². The van der Waals surface area contributed by atoms with E-state index in [1.807, 2.05) is 6.92 Å². The Balaban J connectivity index is 1.82. The molecule has 2 aromatic rings. The van der Waals surface area contributed by atoms with Gasteiger partial charge in [0.2, 0.25) is 0 Å². The van der Waals surface area contributed by atoms with E-state index in [1.54, 1.807) is 44.2 Å². The molecule has 144 valence electrons. The molecule has 1 aromatic carbocycles. The first-order chi connectivity index (χ1) is 12.9. The van der Waals surface area contributed by atoms with E-state index < -0.39 is 24.5 Å². The van der Waals surface area contributed by atoms with Gasteiger partial charge < -0.3 is 19.2 Å². The van der Waals surface area contributed by atoms with E-state index >= 15 is 0 Å². The second-order valence-corrected chi connectivity index (χ2v) is 6.02. The van der Waals surface area contributed by atoms with Crippen molar-refractivity contribution in [3.05, 3.63) is 53.0 Å². The molecule has 7 nitrogen and oxygen atoms in total. The highest BCUT2D eigenvalue weighted by Gasteiger charge is 2.16. The van der Waals surface area contributed by atoms with Crippen LogP contribution in [-0.4, -0.2) is 31.1 Å². The van der Waals surface area contributed by atoms with E-state index in [0.717, 1.165) is 12.8 Å². The van der Waals surface area contributed by atoms with E-state index in [-0.39, 0.29) is 0 Å². The summed E-state index contributed by atoms with van der Waals surface area (Å²) in [5, 5.41) is 2.60. The molecule has 0 spiro atoms. The minimum Gasteiger partial charge on any atom is -0.466 e. The summed E-state index contributed by atoms with van der Waals surface area (Å²) in [7, 11) is 0. The molecule has 0 atom stereocenters. The maximum Gasteiger partial charge on any atom is 0.342 e. The third-order valence-electron chi connectivity index (χ3n) is 3.73. The van der Waals surface area contributed by atoms with Gasteiger partial charge in [-0.2, -0.15) is 0 Å². The third-order valence-corrected chi connectivity index (χ3v) is 3.73. The molecule has 0 saturated carbocycles. The number of unbranched alkanes of at least 4 members (excludes halogenated alkanes) is 1. The van der Waals surface area contributed by atoms with E-state index in [9.17, 15) is 14.4 Å². The smallest absolute Gasteiger partial charge is 0.342 e. The predicted octanol–water partition coefficient (Wildman–Crippen LogP) is 3.65. The number of carbonyl (C=O) groups is 3. The quantitative estimate of drug-likeness (QED) is 0.561. The number of anilines is 1. The van der Waals surface area contributed by atoms with Crippen molar-refractivity contribution in [2.45, 2.75) is 33.6 Å². The van der Waals surface area contributed by atoms with Crippen LogP contribution in [0.15, 0.2) is 34.7 Å². The lowest BCUT2D eigenvalue weighted by Gasteiger charge is -2.07. The number of furan rings is 1. The monoisotopic (exact) mass is 373 g/mol. The van der Waals surface area contributed by atoms with Crippen molar-refractivity contribution >= 4 is 23.5 Å². The lowest BCUT2D eigenvalue weighted by molar-refractivity contribution is -0.119. The lowest BCUT2D eigenvalue weighted by atomic mass is 10.2. The van der Waals surface area contributed by atoms with Crippen molar-refractivity contribution in [1.82, 2.24) is 0 Å². The first-order valence-corrected chi connectivity index (χ1v) is 8.72. The number of nitrogens with one attached hydrogen (secondary N) is 1. The van der Waals surface area contributed by atoms with Gasteiger partial charge in [0.1, 0.15) is 17.1 Å². The summed E-state index contributed by atoms with van der Waals surface area (Å²) in [6.45, 7) is 5.34. The highest BCUT2D eigenvalue weighted by Crippen LogP contribution is 2.15. The lowest BCUT2D eigenvalue weighted by Crippen LogP contribution is -2.21. The second kappa shape index (κ2) is 9.56. The van der Waals surface area contributed by atoms with Crippen LogP contribution >= 0.6 is 0 Å². The van der Waals surface area contributed by atoms with Gasteiger partial charge in [0.15, 0.2) is 6.61 Å². The molecule has 0 radical (unpaired) electrons. The van der Waals surface area contributed by atoms with Crippen molar-refractivity contribution in [2.75, 3.05) is 18.5 Å². The largest absolute Gasteiger partial charge is 0.466 e. The van der Waals surface area contributed by atoms with Crippen molar-refractivity contribution in [3.63, 3.8) is 0 Å². The molecule has 2 rings (SSSR count). The number of aryl methyl sites for hydroxylation is 2. The molecular weight excluding hydrogens is 350 g/mol. The van der Waals surface area contributed by atoms with Crippen LogP contribution in [0.3, 0.4) is 0 Å². The molecule has 0 aliphatic rings. The highest BCUT2D eigenvalue weighted by molar-refractivity contribution is 5.96. The first kappa shape index (κ1) is 20.2. The number of amides is 1. The minimum atomic E-state index is -0.621. The molecule has 1 amide bonds. The number of hydrogen-bond acceptors (Lipinski definition) is 6. The Morgan fingerprint density at radius 3 is 2.33 bits per heavy atom. The first-order valence-electron chi connectivity index (χ1n) is 8.72. The zero-order valence-corrected chi connectivity index (χ0v) is 15.7. The fraction of sp³-hybridized carbons (Fsp3) is 0.350. The van der Waals surface area contributed by atoms with Crippen LogP contribution in [0.1, 0.15) is 52.0 Å². The van der Waals surface area contributed by atoms with Gasteiger partial charge in [-0.3, -0.25) is 4.79 Å². The second-order valence-electron chi connectivity index (χ2n) is 6.02. The fourth-order valence-corrected chi connectivity index (χ4v) is 2.32. The Kier molecular flexibility index (Phi) is 7.16. The molecule has 1 heterocycles. The van der Waals surface area contributed by atoms with Crippen LogP contribution in [0, 0.1) is 13.8 Å². The predicted molar refractivity (Wildman–Crippen MR) is 98.7 cm³/mol. The van der Waals surface area contributed by atoms with Crippen LogP contribution in [0.2, 0.25) is 0 Å². The number of esters is 2. The van der Waals surface area contributed by atoms with E-state index in [0.29, 0.717) is 34.9 Å². The van der Waals surface area contributed by atoms with E-state index in [4.69, 9.17) is 13.9 Å². The number of hydrogen-bond donors (Lipinski definition) is 1. The summed E-state index contributed by atoms with van der Waals surface area (Å²) >= 11 is 0. The van der Waals surface area contributed by atoms with Crippen molar-refractivity contribution in [3.8, 4) is 0 Å². The summed E-state index contributed by atoms with van der Waals surface area (Å²) in [6.07, 6.45) is 1.76. The standard InChI is InChI=1S/C20H23NO6/c1-4-5-10-25-19(23)15-6-8-16(9-7-15)21-18(22)12-26-20(24)17-11-13(2)27-14(17)3/h6-9,11H,4-5,10,12H2,1-3H3,(H,21,22). The molecular formula is C20H23NO6. The molecule has 0 unspecified atom stereocenters. The van der Waals surface area contributed by atoms with Crippen LogP contribution < -0.4 is 5.32 Å². The molecule has 0 fully saturated rings. The summed E-state index contributed by atoms with van der Waals surface area (Å²) < 4.78 is 15.4. The Labute approximate surface area is 157 Å². The number of benzene rings is 1. The summed E-state index contributed by atoms with van der Waals surface area (Å²) in [6, 6.07) is 7.86. The summed E-state index contributed by atoms with van der Waals surface area (Å²) in [5.74, 6) is -0.471. The van der Waals surface area contributed by atoms with E-state index in [2.05, 4.69) is 5.32 Å². The number of rotatable bonds is 8. The maximum absolute atomic E-state index is 11.9. The van der Waals surface area contributed by atoms with Gasteiger partial charge in [-0.05, 0) is 50.6 Å². The van der Waals surface area contributed by atoms with Crippen LogP contribution in [-0.2, 0) is 14.3 Å². The maximum atomic E-state index is 11.9. The molecule has 0 aliphatic carbocycles. The molecule has 0 aliphatic heterocycles. The number of carbonyl (C=O) groups excluding carboxylic acids is 3. The van der Waals surface area contributed by atoms with Gasteiger partial charge in [-0.1, -0.05) is 13.3 Å². The van der Waals surface area contributed by atoms with Crippen LogP contribution in [0.5, 0.6) is 0 Å². The molecule has 0 saturated heterocycles. The summed E-state index contributed by atoms with van der Waals surface area (Å²) in [4.78, 5) is 35.7. The zero-order valence-electron chi connectivity index (χ0n) is 15.7. The molecule has 0 bridgehead atoms. The number of ether oxygens (including phenoxy) is 2. The average molecular weight is 373 g/mol. The van der Waals surface area contributed by atoms with Crippen molar-refractivity contribution in [2.24, 2.45) is 0 Å². The zero-order chi connectivity index (χ0) is 19.8. The normalized spacial score (nSPS) is 10.3. The van der Waals surface area contributed by atoms with Crippen molar-refractivity contribution in [1.29, 1.82) is 0 Å². The van der Waals surface area contributed by atoms with Gasteiger partial charge in [-0.25, -0.2) is 9.59 Å². The van der Waals surface area contributed by atoms with Gasteiger partial charge in [0.05, 0.1) is 12.2 Å². The Hall–Kier alpha value is -3.09. The molecule has 27 heavy (non-hydrogen) atoms. The van der Waals surface area contributed by atoms with Gasteiger partial charge in [-0.15, -0.1) is 0 Å². The van der Waals surface area contributed by atoms with Gasteiger partial charge >= 0.3 is 11.9 Å². The van der Waals surface area contributed by atoms with Crippen LogP contribution in [0.25, 0.3) is 0 Å². The minimum absolute atomic E-state index is 0.297. The van der Waals surface area contributed by atoms with Gasteiger partial charge in [0, 0.05) is 5.69 Å². The Bertz CT molecular complexity index is 806. The van der Waals surface area contributed by atoms with E-state index in [1.165, 1.54) is 0 Å². The fourth-order valence-electron chi connectivity index (χ4n) is 2.32. The topological polar surface area (TPSA) is 94.8 Å². The third kappa shape index (κ3) is 5.99. The highest BCUT2D eigenvalue weighted by atomic mass is 16.5. The molecule has 1 N–H and O–H groups in total. The SMILES string of the molecule is CCCCOC(=O)c1ccc(NC(=O)COC(=O)c2cc(C)oc2C)cc1. The molecule has 7 heteroatoms. The van der Waals surface area contributed by atoms with Crippen molar-refractivity contribution < 1.29 is 28.3 Å². The molecule has 1 aromatic heterocycles. The average Bonchev–Trinajstić information content (AvgIpc) is 2.98.